The van der Waals surface area contributed by atoms with Crippen molar-refractivity contribution in [3.8, 4) is 0 Å². The maximum atomic E-state index is 11.0. The minimum Gasteiger partial charge on any atom is -0.366 e. The van der Waals surface area contributed by atoms with Crippen LogP contribution in [-0.4, -0.2) is 10.5 Å². The van der Waals surface area contributed by atoms with Crippen LogP contribution in [0.4, 0.5) is 0 Å². The first kappa shape index (κ1) is 7.86. The zero-order valence-electron chi connectivity index (χ0n) is 7.24. The minimum atomic E-state index is -0.398. The van der Waals surface area contributed by atoms with Crippen molar-refractivity contribution in [2.75, 3.05) is 0 Å². The Morgan fingerprint density at radius 2 is 2.38 bits per heavy atom. The summed E-state index contributed by atoms with van der Waals surface area (Å²) in [6.07, 6.45) is 1.74. The summed E-state index contributed by atoms with van der Waals surface area (Å²) in [5.74, 6) is -0.398. The number of primary amides is 1. The summed E-state index contributed by atoms with van der Waals surface area (Å²) in [6, 6.07) is 8.41. The molecule has 0 aliphatic rings. The topological polar surface area (TPSA) is 48.0 Å². The molecule has 13 heavy (non-hydrogen) atoms. The Hall–Kier alpha value is -1.77. The first-order chi connectivity index (χ1) is 6.20. The zero-order valence-corrected chi connectivity index (χ0v) is 7.24. The highest BCUT2D eigenvalue weighted by Gasteiger charge is 2.09. The van der Waals surface area contributed by atoms with Crippen LogP contribution in [-0.2, 0) is 7.05 Å². The van der Waals surface area contributed by atoms with Crippen LogP contribution >= 0.6 is 0 Å². The highest BCUT2D eigenvalue weighted by Crippen LogP contribution is 2.18. The summed E-state index contributed by atoms with van der Waals surface area (Å²) in [5, 5.41) is 0.859. The number of hydrogen-bond acceptors (Lipinski definition) is 1. The van der Waals surface area contributed by atoms with E-state index in [1.165, 1.54) is 0 Å². The van der Waals surface area contributed by atoms with E-state index in [0.29, 0.717) is 5.56 Å². The minimum absolute atomic E-state index is 0.398. The summed E-state index contributed by atoms with van der Waals surface area (Å²) < 4.78 is 1.88. The molecule has 0 atom stereocenters. The van der Waals surface area contributed by atoms with Crippen molar-refractivity contribution in [2.45, 2.75) is 0 Å². The van der Waals surface area contributed by atoms with E-state index in [1.807, 2.05) is 23.7 Å². The molecule has 0 aliphatic heterocycles. The van der Waals surface area contributed by atoms with Gasteiger partial charge in [-0.3, -0.25) is 4.79 Å². The molecule has 1 radical (unpaired) electrons. The Morgan fingerprint density at radius 3 is 3.08 bits per heavy atom. The van der Waals surface area contributed by atoms with Gasteiger partial charge in [0, 0.05) is 24.1 Å². The molecule has 0 saturated heterocycles. The van der Waals surface area contributed by atoms with E-state index in [-0.39, 0.29) is 0 Å². The van der Waals surface area contributed by atoms with Crippen molar-refractivity contribution in [1.29, 1.82) is 0 Å². The Kier molecular flexibility index (Phi) is 1.59. The average Bonchev–Trinajstić information content (AvgIpc) is 2.45. The molecule has 0 spiro atoms. The molecule has 0 bridgehead atoms. The number of aromatic nitrogens is 1. The van der Waals surface area contributed by atoms with Gasteiger partial charge in [0.15, 0.2) is 0 Å². The van der Waals surface area contributed by atoms with Gasteiger partial charge >= 0.3 is 0 Å². The molecule has 0 unspecified atom stereocenters. The SMILES string of the molecule is Cn1cc(C(N)=O)c2c[c]ccc21. The van der Waals surface area contributed by atoms with Crippen molar-refractivity contribution in [3.63, 3.8) is 0 Å². The van der Waals surface area contributed by atoms with Crippen LogP contribution in [0.2, 0.25) is 0 Å². The first-order valence-corrected chi connectivity index (χ1v) is 3.95. The van der Waals surface area contributed by atoms with E-state index in [0.717, 1.165) is 10.9 Å². The number of fused-ring (bicyclic) bond motifs is 1. The van der Waals surface area contributed by atoms with E-state index in [4.69, 9.17) is 5.73 Å². The average molecular weight is 173 g/mol. The van der Waals surface area contributed by atoms with Crippen LogP contribution < -0.4 is 5.73 Å². The molecule has 2 N–H and O–H groups in total. The zero-order chi connectivity index (χ0) is 9.42. The van der Waals surface area contributed by atoms with Crippen LogP contribution in [0.15, 0.2) is 24.4 Å². The molecule has 1 aromatic carbocycles. The summed E-state index contributed by atoms with van der Waals surface area (Å²) in [6.45, 7) is 0. The van der Waals surface area contributed by atoms with Gasteiger partial charge in [-0.2, -0.15) is 0 Å². The molecule has 2 rings (SSSR count). The van der Waals surface area contributed by atoms with Crippen LogP contribution in [0.1, 0.15) is 10.4 Å². The molecular formula is C10H9N2O. The molecular weight excluding hydrogens is 164 g/mol. The lowest BCUT2D eigenvalue weighted by Crippen LogP contribution is -2.09. The van der Waals surface area contributed by atoms with Gasteiger partial charge in [-0.15, -0.1) is 0 Å². The van der Waals surface area contributed by atoms with Gasteiger partial charge in [-0.05, 0) is 18.2 Å². The second-order valence-electron chi connectivity index (χ2n) is 2.96. The van der Waals surface area contributed by atoms with Gasteiger partial charge in [-0.1, -0.05) is 6.07 Å². The van der Waals surface area contributed by atoms with Gasteiger partial charge in [0.2, 0.25) is 0 Å². The molecule has 0 fully saturated rings. The molecule has 1 amide bonds. The van der Waals surface area contributed by atoms with Gasteiger partial charge in [0.25, 0.3) is 5.91 Å². The third-order valence-corrected chi connectivity index (χ3v) is 2.10. The summed E-state index contributed by atoms with van der Waals surface area (Å²) in [5.41, 5.74) is 6.77. The smallest absolute Gasteiger partial charge is 0.250 e. The summed E-state index contributed by atoms with van der Waals surface area (Å²) in [7, 11) is 1.88. The predicted octanol–water partition coefficient (Wildman–Crippen LogP) is 1.08. The normalized spacial score (nSPS) is 10.5. The maximum Gasteiger partial charge on any atom is 0.250 e. The van der Waals surface area contributed by atoms with Gasteiger partial charge in [-0.25, -0.2) is 0 Å². The second kappa shape index (κ2) is 2.62. The lowest BCUT2D eigenvalue weighted by molar-refractivity contribution is 0.100. The Balaban J connectivity index is 2.85. The fourth-order valence-corrected chi connectivity index (χ4v) is 1.47. The van der Waals surface area contributed by atoms with E-state index < -0.39 is 5.91 Å². The van der Waals surface area contributed by atoms with Crippen molar-refractivity contribution >= 4 is 16.8 Å². The third-order valence-electron chi connectivity index (χ3n) is 2.10. The van der Waals surface area contributed by atoms with Crippen molar-refractivity contribution in [3.05, 3.63) is 36.0 Å². The number of hydrogen-bond donors (Lipinski definition) is 1. The quantitative estimate of drug-likeness (QED) is 0.689. The largest absolute Gasteiger partial charge is 0.366 e. The Morgan fingerprint density at radius 1 is 1.62 bits per heavy atom. The number of rotatable bonds is 1. The van der Waals surface area contributed by atoms with Crippen LogP contribution in [0, 0.1) is 6.07 Å². The number of nitrogens with two attached hydrogens (primary N) is 1. The van der Waals surface area contributed by atoms with Crippen molar-refractivity contribution < 1.29 is 4.79 Å². The Labute approximate surface area is 75.8 Å². The monoisotopic (exact) mass is 173 g/mol. The molecule has 1 heterocycles. The standard InChI is InChI=1S/C10H9N2O/c1-12-6-8(10(11)13)7-4-2-3-5-9(7)12/h3-6H,1H3,(H2,11,13). The van der Waals surface area contributed by atoms with Crippen LogP contribution in [0.5, 0.6) is 0 Å². The van der Waals surface area contributed by atoms with Crippen molar-refractivity contribution in [2.24, 2.45) is 12.8 Å². The maximum absolute atomic E-state index is 11.0. The van der Waals surface area contributed by atoms with E-state index in [9.17, 15) is 4.79 Å². The second-order valence-corrected chi connectivity index (χ2v) is 2.96. The fraction of sp³-hybridized carbons (Fsp3) is 0.100. The predicted molar refractivity (Wildman–Crippen MR) is 50.3 cm³/mol. The van der Waals surface area contributed by atoms with Crippen molar-refractivity contribution in [1.82, 2.24) is 4.57 Å². The highest BCUT2D eigenvalue weighted by atomic mass is 16.1. The molecule has 3 heteroatoms. The van der Waals surface area contributed by atoms with Gasteiger partial charge in [0.1, 0.15) is 0 Å². The summed E-state index contributed by atoms with van der Waals surface area (Å²) in [4.78, 5) is 11.0. The van der Waals surface area contributed by atoms with E-state index >= 15 is 0 Å². The number of aryl methyl sites for hydroxylation is 1. The lowest BCUT2D eigenvalue weighted by Gasteiger charge is -1.92. The number of benzene rings is 1. The molecule has 2 aromatic rings. The Bertz CT molecular complexity index is 471. The molecule has 0 aliphatic carbocycles. The molecule has 0 saturated carbocycles. The summed E-state index contributed by atoms with van der Waals surface area (Å²) >= 11 is 0. The highest BCUT2D eigenvalue weighted by molar-refractivity contribution is 6.06. The number of carbonyl (C=O) groups is 1. The molecule has 3 nitrogen and oxygen atoms in total. The van der Waals surface area contributed by atoms with E-state index in [1.54, 1.807) is 12.3 Å². The number of nitrogens with zero attached hydrogens (tertiary/aromatic N) is 1. The first-order valence-electron chi connectivity index (χ1n) is 3.95. The lowest BCUT2D eigenvalue weighted by atomic mass is 10.2. The van der Waals surface area contributed by atoms with Gasteiger partial charge in [0.05, 0.1) is 5.56 Å². The number of carbonyl (C=O) groups excluding carboxylic acids is 1. The van der Waals surface area contributed by atoms with Crippen LogP contribution in [0.25, 0.3) is 10.9 Å². The van der Waals surface area contributed by atoms with Gasteiger partial charge < -0.3 is 10.3 Å². The van der Waals surface area contributed by atoms with E-state index in [2.05, 4.69) is 6.07 Å². The third kappa shape index (κ3) is 1.09. The van der Waals surface area contributed by atoms with Crippen LogP contribution in [0.3, 0.4) is 0 Å². The fourth-order valence-electron chi connectivity index (χ4n) is 1.47. The molecule has 65 valence electrons. The molecule has 1 aromatic heterocycles. The number of amides is 1.